The number of aryl methyl sites for hydroxylation is 2. The molecular formula is C24H21Cl2N5OS2. The smallest absolute Gasteiger partial charge is 0.236 e. The van der Waals surface area contributed by atoms with Gasteiger partial charge in [0.2, 0.25) is 5.91 Å². The molecule has 4 rings (SSSR count). The third-order valence-corrected chi connectivity index (χ3v) is 7.15. The van der Waals surface area contributed by atoms with Crippen LogP contribution in [0.15, 0.2) is 71.7 Å². The quantitative estimate of drug-likeness (QED) is 0.190. The van der Waals surface area contributed by atoms with Crippen molar-refractivity contribution in [1.82, 2.24) is 19.7 Å². The van der Waals surface area contributed by atoms with Gasteiger partial charge in [-0.3, -0.25) is 4.79 Å². The van der Waals surface area contributed by atoms with Crippen LogP contribution in [0.1, 0.15) is 11.4 Å². The molecule has 1 N–H and O–H groups in total. The van der Waals surface area contributed by atoms with E-state index in [2.05, 4.69) is 39.2 Å². The van der Waals surface area contributed by atoms with E-state index in [0.717, 1.165) is 24.2 Å². The summed E-state index contributed by atoms with van der Waals surface area (Å²) in [6.45, 7) is 4.42. The topological polar surface area (TPSA) is 72.7 Å². The van der Waals surface area contributed by atoms with E-state index in [1.165, 1.54) is 28.7 Å². The molecule has 0 fully saturated rings. The Hall–Kier alpha value is -2.65. The predicted octanol–water partition coefficient (Wildman–Crippen LogP) is 6.41. The molecule has 0 bridgehead atoms. The molecule has 34 heavy (non-hydrogen) atoms. The number of thioether (sulfide) groups is 1. The number of thiazole rings is 1. The Balaban J connectivity index is 1.36. The highest BCUT2D eigenvalue weighted by molar-refractivity contribution is 7.99. The minimum atomic E-state index is -0.174. The zero-order valence-electron chi connectivity index (χ0n) is 18.1. The predicted molar refractivity (Wildman–Crippen MR) is 141 cm³/mol. The summed E-state index contributed by atoms with van der Waals surface area (Å²) >= 11 is 14.9. The first kappa shape index (κ1) is 24.5. The lowest BCUT2D eigenvalue weighted by molar-refractivity contribution is -0.113. The molecule has 4 aromatic rings. The van der Waals surface area contributed by atoms with E-state index in [0.29, 0.717) is 32.6 Å². The lowest BCUT2D eigenvalue weighted by Gasteiger charge is -2.08. The molecule has 0 unspecified atom stereocenters. The van der Waals surface area contributed by atoms with Crippen molar-refractivity contribution >= 4 is 57.3 Å². The van der Waals surface area contributed by atoms with Crippen LogP contribution < -0.4 is 5.32 Å². The van der Waals surface area contributed by atoms with Crippen LogP contribution in [0.2, 0.25) is 10.0 Å². The van der Waals surface area contributed by atoms with Gasteiger partial charge in [-0.2, -0.15) is 0 Å². The van der Waals surface area contributed by atoms with Crippen LogP contribution in [0.4, 0.5) is 5.13 Å². The largest absolute Gasteiger partial charge is 0.302 e. The highest BCUT2D eigenvalue weighted by Crippen LogP contribution is 2.32. The summed E-state index contributed by atoms with van der Waals surface area (Å²) in [5, 5.41) is 15.6. The fourth-order valence-corrected chi connectivity index (χ4v) is 5.26. The van der Waals surface area contributed by atoms with Gasteiger partial charge in [-0.1, -0.05) is 71.4 Å². The first-order valence-electron chi connectivity index (χ1n) is 10.4. The summed E-state index contributed by atoms with van der Waals surface area (Å²) in [6, 6.07) is 15.5. The van der Waals surface area contributed by atoms with E-state index >= 15 is 0 Å². The fraction of sp³-hybridized carbons (Fsp3) is 0.167. The van der Waals surface area contributed by atoms with Gasteiger partial charge in [0.05, 0.1) is 16.5 Å². The Morgan fingerprint density at radius 1 is 1.15 bits per heavy atom. The molecule has 0 spiro atoms. The maximum Gasteiger partial charge on any atom is 0.236 e. The molecule has 0 saturated carbocycles. The minimum Gasteiger partial charge on any atom is -0.302 e. The zero-order valence-corrected chi connectivity index (χ0v) is 21.2. The Morgan fingerprint density at radius 3 is 2.74 bits per heavy atom. The second-order valence-corrected chi connectivity index (χ2v) is 9.93. The summed E-state index contributed by atoms with van der Waals surface area (Å²) in [7, 11) is 0. The van der Waals surface area contributed by atoms with Crippen LogP contribution in [0, 0.1) is 0 Å². The van der Waals surface area contributed by atoms with E-state index in [-0.39, 0.29) is 11.7 Å². The van der Waals surface area contributed by atoms with E-state index in [1.54, 1.807) is 18.2 Å². The second-order valence-electron chi connectivity index (χ2n) is 7.28. The van der Waals surface area contributed by atoms with Crippen molar-refractivity contribution in [3.05, 3.63) is 88.0 Å². The van der Waals surface area contributed by atoms with Crippen LogP contribution in [-0.4, -0.2) is 31.4 Å². The van der Waals surface area contributed by atoms with E-state index in [1.807, 2.05) is 34.2 Å². The number of carbonyl (C=O) groups excluding carboxylic acids is 1. The van der Waals surface area contributed by atoms with Crippen molar-refractivity contribution in [2.75, 3.05) is 11.1 Å². The first-order valence-corrected chi connectivity index (χ1v) is 13.1. The molecule has 0 saturated heterocycles. The molecule has 0 aliphatic heterocycles. The van der Waals surface area contributed by atoms with Crippen molar-refractivity contribution in [1.29, 1.82) is 0 Å². The van der Waals surface area contributed by atoms with E-state index < -0.39 is 0 Å². The summed E-state index contributed by atoms with van der Waals surface area (Å²) in [5.41, 5.74) is 2.69. The van der Waals surface area contributed by atoms with Gasteiger partial charge in [-0.05, 0) is 30.2 Å². The number of amides is 1. The van der Waals surface area contributed by atoms with Gasteiger partial charge in [0.25, 0.3) is 0 Å². The molecule has 1 amide bonds. The zero-order chi connectivity index (χ0) is 23.9. The van der Waals surface area contributed by atoms with E-state index in [9.17, 15) is 4.79 Å². The first-order chi connectivity index (χ1) is 16.5. The Kier molecular flexibility index (Phi) is 8.39. The molecule has 6 nitrogen and oxygen atoms in total. The van der Waals surface area contributed by atoms with Gasteiger partial charge in [-0.15, -0.1) is 28.1 Å². The van der Waals surface area contributed by atoms with Gasteiger partial charge in [-0.25, -0.2) is 4.98 Å². The number of hydrogen-bond donors (Lipinski definition) is 1. The number of allylic oxidation sites excluding steroid dienone is 1. The number of nitrogens with one attached hydrogen (secondary N) is 1. The molecule has 0 atom stereocenters. The van der Waals surface area contributed by atoms with Crippen molar-refractivity contribution in [3.8, 4) is 11.3 Å². The van der Waals surface area contributed by atoms with Crippen LogP contribution >= 0.6 is 46.3 Å². The molecule has 10 heteroatoms. The summed E-state index contributed by atoms with van der Waals surface area (Å²) < 4.78 is 2.00. The molecule has 2 aromatic heterocycles. The lowest BCUT2D eigenvalue weighted by Crippen LogP contribution is -2.14. The van der Waals surface area contributed by atoms with Crippen LogP contribution in [0.25, 0.3) is 11.3 Å². The molecule has 2 aromatic carbocycles. The molecule has 174 valence electrons. The van der Waals surface area contributed by atoms with Gasteiger partial charge >= 0.3 is 0 Å². The summed E-state index contributed by atoms with van der Waals surface area (Å²) in [5.74, 6) is 0.882. The van der Waals surface area contributed by atoms with Gasteiger partial charge in [0.1, 0.15) is 5.82 Å². The van der Waals surface area contributed by atoms with Gasteiger partial charge in [0, 0.05) is 28.9 Å². The summed E-state index contributed by atoms with van der Waals surface area (Å²) in [6.07, 6.45) is 3.43. The summed E-state index contributed by atoms with van der Waals surface area (Å²) in [4.78, 5) is 17.0. The maximum atomic E-state index is 12.5. The number of carbonyl (C=O) groups is 1. The van der Waals surface area contributed by atoms with E-state index in [4.69, 9.17) is 23.2 Å². The van der Waals surface area contributed by atoms with Gasteiger partial charge in [0.15, 0.2) is 10.3 Å². The number of nitrogens with zero attached hydrogens (tertiary/aromatic N) is 4. The Morgan fingerprint density at radius 2 is 1.97 bits per heavy atom. The molecule has 0 radical (unpaired) electrons. The van der Waals surface area contributed by atoms with Gasteiger partial charge < -0.3 is 9.88 Å². The third-order valence-electron chi connectivity index (χ3n) is 4.88. The number of anilines is 1. The highest BCUT2D eigenvalue weighted by Gasteiger charge is 2.15. The van der Waals surface area contributed by atoms with Crippen molar-refractivity contribution < 1.29 is 4.79 Å². The fourth-order valence-electron chi connectivity index (χ4n) is 3.26. The monoisotopic (exact) mass is 529 g/mol. The Bertz CT molecular complexity index is 1290. The van der Waals surface area contributed by atoms with Crippen molar-refractivity contribution in [3.63, 3.8) is 0 Å². The lowest BCUT2D eigenvalue weighted by atomic mass is 10.1. The normalized spacial score (nSPS) is 10.9. The number of benzene rings is 2. The highest BCUT2D eigenvalue weighted by atomic mass is 35.5. The average Bonchev–Trinajstić information content (AvgIpc) is 3.44. The molecule has 0 aliphatic rings. The third kappa shape index (κ3) is 6.27. The number of rotatable bonds is 10. The average molecular weight is 531 g/mol. The Labute approximate surface area is 216 Å². The van der Waals surface area contributed by atoms with Crippen LogP contribution in [-0.2, 0) is 24.2 Å². The molecule has 0 aliphatic carbocycles. The van der Waals surface area contributed by atoms with Crippen molar-refractivity contribution in [2.24, 2.45) is 0 Å². The SMILES string of the molecule is C=CCn1c(CCc2ccccc2)nnc1SCC(=O)Nc1nc(-c2ccc(Cl)cc2Cl)cs1. The minimum absolute atomic E-state index is 0.174. The standard InChI is InChI=1S/C24H21Cl2N5OS2/c1-2-12-31-21(11-8-16-6-4-3-5-7-16)29-30-24(31)34-15-22(32)28-23-27-20(14-33-23)18-10-9-17(25)13-19(18)26/h2-7,9-10,13-14H,1,8,11-12,15H2,(H,27,28,32). The van der Waals surface area contributed by atoms with Crippen LogP contribution in [0.3, 0.4) is 0 Å². The van der Waals surface area contributed by atoms with Crippen LogP contribution in [0.5, 0.6) is 0 Å². The van der Waals surface area contributed by atoms with Crippen molar-refractivity contribution in [2.45, 2.75) is 24.5 Å². The number of hydrogen-bond acceptors (Lipinski definition) is 6. The molecule has 2 heterocycles. The number of aromatic nitrogens is 4. The maximum absolute atomic E-state index is 12.5. The molecular weight excluding hydrogens is 509 g/mol. The second kappa shape index (κ2) is 11.7. The number of halogens is 2.